The standard InChI is InChI=1S/C15H22N2O4/c1-4-9-15(2,3)17-14(20)16-11-5-7-12(8-6-11)21-10-13(18)19/h5-8H,4,9-10H2,1-3H3,(H,18,19)(H2,16,17,20). The molecule has 0 fully saturated rings. The van der Waals surface area contributed by atoms with Crippen molar-refractivity contribution in [2.45, 2.75) is 39.2 Å². The van der Waals surface area contributed by atoms with Gasteiger partial charge in [0, 0.05) is 11.2 Å². The fourth-order valence-corrected chi connectivity index (χ4v) is 1.94. The number of ether oxygens (including phenoxy) is 1. The summed E-state index contributed by atoms with van der Waals surface area (Å²) in [6.45, 7) is 5.62. The number of aliphatic carboxylic acids is 1. The van der Waals surface area contributed by atoms with Gasteiger partial charge in [0.05, 0.1) is 0 Å². The summed E-state index contributed by atoms with van der Waals surface area (Å²) < 4.78 is 5.01. The Labute approximate surface area is 124 Å². The first-order valence-corrected chi connectivity index (χ1v) is 6.86. The maximum atomic E-state index is 11.9. The van der Waals surface area contributed by atoms with Gasteiger partial charge in [-0.05, 0) is 44.5 Å². The van der Waals surface area contributed by atoms with Crippen LogP contribution in [0.3, 0.4) is 0 Å². The van der Waals surface area contributed by atoms with Crippen molar-refractivity contribution in [1.29, 1.82) is 0 Å². The average molecular weight is 294 g/mol. The predicted octanol–water partition coefficient (Wildman–Crippen LogP) is 2.85. The number of hydrogen-bond donors (Lipinski definition) is 3. The molecule has 2 amide bonds. The number of carboxylic acid groups (broad SMARTS) is 1. The van der Waals surface area contributed by atoms with Crippen molar-refractivity contribution < 1.29 is 19.4 Å². The smallest absolute Gasteiger partial charge is 0.341 e. The fraction of sp³-hybridized carbons (Fsp3) is 0.467. The van der Waals surface area contributed by atoms with E-state index in [4.69, 9.17) is 9.84 Å². The normalized spacial score (nSPS) is 10.8. The van der Waals surface area contributed by atoms with Crippen LogP contribution in [0.4, 0.5) is 10.5 Å². The van der Waals surface area contributed by atoms with E-state index in [1.54, 1.807) is 24.3 Å². The Balaban J connectivity index is 2.51. The van der Waals surface area contributed by atoms with Crippen LogP contribution in [-0.2, 0) is 4.79 Å². The van der Waals surface area contributed by atoms with Crippen LogP contribution in [0, 0.1) is 0 Å². The van der Waals surface area contributed by atoms with E-state index >= 15 is 0 Å². The molecular formula is C15H22N2O4. The van der Waals surface area contributed by atoms with Gasteiger partial charge in [0.1, 0.15) is 5.75 Å². The molecule has 0 spiro atoms. The van der Waals surface area contributed by atoms with Crippen LogP contribution in [0.15, 0.2) is 24.3 Å². The summed E-state index contributed by atoms with van der Waals surface area (Å²) >= 11 is 0. The molecule has 1 aromatic rings. The third-order valence-corrected chi connectivity index (χ3v) is 2.80. The number of carboxylic acids is 1. The van der Waals surface area contributed by atoms with Crippen molar-refractivity contribution >= 4 is 17.7 Å². The monoisotopic (exact) mass is 294 g/mol. The molecule has 0 atom stereocenters. The maximum Gasteiger partial charge on any atom is 0.341 e. The number of rotatable bonds is 7. The highest BCUT2D eigenvalue weighted by molar-refractivity contribution is 5.89. The number of hydrogen-bond acceptors (Lipinski definition) is 3. The number of benzene rings is 1. The van der Waals surface area contributed by atoms with Gasteiger partial charge in [0.15, 0.2) is 6.61 Å². The summed E-state index contributed by atoms with van der Waals surface area (Å²) in [5, 5.41) is 14.1. The second-order valence-corrected chi connectivity index (χ2v) is 5.42. The van der Waals surface area contributed by atoms with E-state index in [9.17, 15) is 9.59 Å². The molecular weight excluding hydrogens is 272 g/mol. The van der Waals surface area contributed by atoms with Crippen LogP contribution in [-0.4, -0.2) is 29.3 Å². The van der Waals surface area contributed by atoms with E-state index in [0.717, 1.165) is 12.8 Å². The Kier molecular flexibility index (Phi) is 6.02. The van der Waals surface area contributed by atoms with E-state index in [-0.39, 0.29) is 11.6 Å². The van der Waals surface area contributed by atoms with E-state index < -0.39 is 12.6 Å². The molecule has 21 heavy (non-hydrogen) atoms. The molecule has 6 heteroatoms. The van der Waals surface area contributed by atoms with E-state index in [1.807, 2.05) is 13.8 Å². The van der Waals surface area contributed by atoms with E-state index in [2.05, 4.69) is 17.6 Å². The largest absolute Gasteiger partial charge is 0.482 e. The van der Waals surface area contributed by atoms with Gasteiger partial charge < -0.3 is 20.5 Å². The number of amides is 2. The van der Waals surface area contributed by atoms with Gasteiger partial charge >= 0.3 is 12.0 Å². The van der Waals surface area contributed by atoms with Crippen molar-refractivity contribution in [3.63, 3.8) is 0 Å². The molecule has 0 unspecified atom stereocenters. The summed E-state index contributed by atoms with van der Waals surface area (Å²) in [6.07, 6.45) is 1.88. The summed E-state index contributed by atoms with van der Waals surface area (Å²) in [6, 6.07) is 6.26. The summed E-state index contributed by atoms with van der Waals surface area (Å²) in [7, 11) is 0. The lowest BCUT2D eigenvalue weighted by atomic mass is 9.99. The molecule has 1 rings (SSSR count). The van der Waals surface area contributed by atoms with E-state index in [0.29, 0.717) is 11.4 Å². The van der Waals surface area contributed by atoms with Gasteiger partial charge in [0.25, 0.3) is 0 Å². The number of urea groups is 1. The summed E-state index contributed by atoms with van der Waals surface area (Å²) in [5.41, 5.74) is 0.353. The molecule has 1 aromatic carbocycles. The fourth-order valence-electron chi connectivity index (χ4n) is 1.94. The molecule has 0 aliphatic carbocycles. The zero-order valence-electron chi connectivity index (χ0n) is 12.6. The molecule has 116 valence electrons. The van der Waals surface area contributed by atoms with Crippen molar-refractivity contribution in [2.75, 3.05) is 11.9 Å². The first kappa shape index (κ1) is 16.8. The second-order valence-electron chi connectivity index (χ2n) is 5.42. The third kappa shape index (κ3) is 6.65. The van der Waals surface area contributed by atoms with Crippen molar-refractivity contribution in [3.8, 4) is 5.75 Å². The molecule has 0 aliphatic rings. The van der Waals surface area contributed by atoms with Crippen LogP contribution in [0.1, 0.15) is 33.6 Å². The summed E-state index contributed by atoms with van der Waals surface area (Å²) in [5.74, 6) is -0.593. The Bertz CT molecular complexity index is 483. The second kappa shape index (κ2) is 7.52. The first-order chi connectivity index (χ1) is 9.82. The molecule has 0 aliphatic heterocycles. The highest BCUT2D eigenvalue weighted by Gasteiger charge is 2.18. The topological polar surface area (TPSA) is 87.7 Å². The number of carbonyl (C=O) groups is 2. The number of carbonyl (C=O) groups excluding carboxylic acids is 1. The lowest BCUT2D eigenvalue weighted by Gasteiger charge is -2.25. The minimum absolute atomic E-state index is 0.261. The Hall–Kier alpha value is -2.24. The Morgan fingerprint density at radius 2 is 1.86 bits per heavy atom. The molecule has 6 nitrogen and oxygen atoms in total. The van der Waals surface area contributed by atoms with Gasteiger partial charge in [-0.2, -0.15) is 0 Å². The van der Waals surface area contributed by atoms with Crippen LogP contribution in [0.2, 0.25) is 0 Å². The average Bonchev–Trinajstić information content (AvgIpc) is 2.36. The van der Waals surface area contributed by atoms with Crippen LogP contribution < -0.4 is 15.4 Å². The lowest BCUT2D eigenvalue weighted by molar-refractivity contribution is -0.139. The molecule has 0 saturated carbocycles. The van der Waals surface area contributed by atoms with Crippen molar-refractivity contribution in [3.05, 3.63) is 24.3 Å². The van der Waals surface area contributed by atoms with Crippen molar-refractivity contribution in [1.82, 2.24) is 5.32 Å². The molecule has 0 aromatic heterocycles. The predicted molar refractivity (Wildman–Crippen MR) is 80.7 cm³/mol. The quantitative estimate of drug-likeness (QED) is 0.721. The Morgan fingerprint density at radius 1 is 1.24 bits per heavy atom. The van der Waals surface area contributed by atoms with Gasteiger partial charge in [0.2, 0.25) is 0 Å². The molecule has 0 bridgehead atoms. The van der Waals surface area contributed by atoms with Crippen LogP contribution >= 0.6 is 0 Å². The van der Waals surface area contributed by atoms with Gasteiger partial charge in [-0.25, -0.2) is 9.59 Å². The maximum absolute atomic E-state index is 11.9. The van der Waals surface area contributed by atoms with Gasteiger partial charge in [-0.15, -0.1) is 0 Å². The Morgan fingerprint density at radius 3 is 2.38 bits per heavy atom. The highest BCUT2D eigenvalue weighted by Crippen LogP contribution is 2.16. The third-order valence-electron chi connectivity index (χ3n) is 2.80. The van der Waals surface area contributed by atoms with E-state index in [1.165, 1.54) is 0 Å². The van der Waals surface area contributed by atoms with Crippen LogP contribution in [0.5, 0.6) is 5.75 Å². The zero-order valence-corrected chi connectivity index (χ0v) is 12.6. The van der Waals surface area contributed by atoms with Crippen molar-refractivity contribution in [2.24, 2.45) is 0 Å². The lowest BCUT2D eigenvalue weighted by Crippen LogP contribution is -2.45. The molecule has 0 radical (unpaired) electrons. The minimum Gasteiger partial charge on any atom is -0.482 e. The van der Waals surface area contributed by atoms with Gasteiger partial charge in [-0.3, -0.25) is 0 Å². The highest BCUT2D eigenvalue weighted by atomic mass is 16.5. The number of anilines is 1. The molecule has 3 N–H and O–H groups in total. The number of nitrogens with one attached hydrogen (secondary N) is 2. The SMILES string of the molecule is CCCC(C)(C)NC(=O)Nc1ccc(OCC(=O)O)cc1. The minimum atomic E-state index is -1.03. The molecule has 0 heterocycles. The summed E-state index contributed by atoms with van der Waals surface area (Å²) in [4.78, 5) is 22.3. The van der Waals surface area contributed by atoms with Crippen LogP contribution in [0.25, 0.3) is 0 Å². The molecule has 0 saturated heterocycles. The van der Waals surface area contributed by atoms with Gasteiger partial charge in [-0.1, -0.05) is 13.3 Å². The zero-order chi connectivity index (χ0) is 15.9. The first-order valence-electron chi connectivity index (χ1n) is 6.86.